The molecule has 5 heterocycles. The first-order chi connectivity index (χ1) is 28.2. The molecule has 58 heavy (non-hydrogen) atoms. The van der Waals surface area contributed by atoms with Gasteiger partial charge in [-0.3, -0.25) is 39.0 Å². The minimum Gasteiger partial charge on any atom is -0.490 e. The van der Waals surface area contributed by atoms with Crippen molar-refractivity contribution in [3.05, 3.63) is 94.0 Å². The molecular weight excluding hydrogens is 756 g/mol. The molecule has 0 saturated carbocycles. The monoisotopic (exact) mass is 794 g/mol. The van der Waals surface area contributed by atoms with Gasteiger partial charge in [0.1, 0.15) is 35.3 Å². The van der Waals surface area contributed by atoms with Gasteiger partial charge in [0.2, 0.25) is 17.7 Å². The fraction of sp³-hybridized carbons (Fsp3) is 0.308. The highest BCUT2D eigenvalue weighted by molar-refractivity contribution is 6.25. The fourth-order valence-electron chi connectivity index (χ4n) is 6.21. The number of pyridine rings is 1. The molecule has 2 aliphatic heterocycles. The molecule has 5 amide bonds. The molecule has 3 N–H and O–H groups in total. The molecule has 2 aliphatic rings. The van der Waals surface area contributed by atoms with E-state index >= 15 is 0 Å². The highest BCUT2D eigenvalue weighted by Gasteiger charge is 2.45. The summed E-state index contributed by atoms with van der Waals surface area (Å²) in [4.78, 5) is 84.1. The number of aromatic nitrogens is 4. The van der Waals surface area contributed by atoms with Gasteiger partial charge in [-0.15, -0.1) is 0 Å². The number of amides is 5. The number of ether oxygens (including phenoxy) is 4. The standard InChI is InChI=1S/C39H38N8O11/c1-46-33(49)12-8-28(45-46)37-43-29-21-23(5-10-31(29)58-37)42-35(50)27-7-6-24(22-41-27)57-20-19-56-18-17-55-16-15-54-14-13-40-26-4-2-3-25-34(26)39(53)47(38(25)52)30-9-11-32(48)44-36(30)51/h2-8,10,12,21-22,30,40H,9,11,13-20H2,1H3,(H,42,50)(H,44,48,51). The second kappa shape index (κ2) is 18.0. The molecule has 0 bridgehead atoms. The van der Waals surface area contributed by atoms with E-state index in [1.54, 1.807) is 42.5 Å². The summed E-state index contributed by atoms with van der Waals surface area (Å²) < 4.78 is 29.3. The predicted octanol–water partition coefficient (Wildman–Crippen LogP) is 2.18. The summed E-state index contributed by atoms with van der Waals surface area (Å²) in [6.45, 7) is 2.59. The van der Waals surface area contributed by atoms with Gasteiger partial charge in [0, 0.05) is 37.5 Å². The Kier molecular flexibility index (Phi) is 12.2. The number of anilines is 2. The Morgan fingerprint density at radius 1 is 0.897 bits per heavy atom. The Morgan fingerprint density at radius 2 is 1.67 bits per heavy atom. The second-order valence-corrected chi connectivity index (χ2v) is 13.0. The van der Waals surface area contributed by atoms with E-state index in [4.69, 9.17) is 23.4 Å². The lowest BCUT2D eigenvalue weighted by Gasteiger charge is -2.27. The van der Waals surface area contributed by atoms with Gasteiger partial charge in [-0.2, -0.15) is 5.10 Å². The summed E-state index contributed by atoms with van der Waals surface area (Å²) in [5, 5.41) is 12.3. The zero-order chi connectivity index (χ0) is 40.6. The van der Waals surface area contributed by atoms with Gasteiger partial charge in [-0.1, -0.05) is 6.07 Å². The van der Waals surface area contributed by atoms with Crippen LogP contribution in [0.3, 0.4) is 0 Å². The van der Waals surface area contributed by atoms with Crippen molar-refractivity contribution >= 4 is 52.0 Å². The number of carbonyl (C=O) groups is 5. The van der Waals surface area contributed by atoms with Crippen LogP contribution in [-0.2, 0) is 30.8 Å². The molecule has 19 heteroatoms. The molecule has 0 spiro atoms. The average molecular weight is 795 g/mol. The van der Waals surface area contributed by atoms with Crippen LogP contribution in [0.4, 0.5) is 11.4 Å². The van der Waals surface area contributed by atoms with E-state index in [0.717, 1.165) is 4.90 Å². The van der Waals surface area contributed by atoms with Gasteiger partial charge in [0.25, 0.3) is 23.3 Å². The first-order valence-electron chi connectivity index (χ1n) is 18.3. The first kappa shape index (κ1) is 39.4. The molecule has 7 rings (SSSR count). The quantitative estimate of drug-likeness (QED) is 0.0852. The van der Waals surface area contributed by atoms with Crippen molar-refractivity contribution in [3.8, 4) is 17.3 Å². The van der Waals surface area contributed by atoms with E-state index in [2.05, 4.69) is 31.0 Å². The Bertz CT molecular complexity index is 2410. The van der Waals surface area contributed by atoms with Crippen LogP contribution in [0.1, 0.15) is 44.0 Å². The lowest BCUT2D eigenvalue weighted by molar-refractivity contribution is -0.136. The molecule has 1 atom stereocenters. The highest BCUT2D eigenvalue weighted by Crippen LogP contribution is 2.32. The summed E-state index contributed by atoms with van der Waals surface area (Å²) in [5.74, 6) is -1.94. The minimum atomic E-state index is -1.03. The van der Waals surface area contributed by atoms with E-state index in [-0.39, 0.29) is 47.7 Å². The predicted molar refractivity (Wildman–Crippen MR) is 204 cm³/mol. The minimum absolute atomic E-state index is 0.0509. The third-order valence-electron chi connectivity index (χ3n) is 9.06. The Hall–Kier alpha value is -6.83. The zero-order valence-electron chi connectivity index (χ0n) is 31.2. The molecule has 1 fully saturated rings. The van der Waals surface area contributed by atoms with Gasteiger partial charge >= 0.3 is 0 Å². The summed E-state index contributed by atoms with van der Waals surface area (Å²) in [6.07, 6.45) is 1.59. The molecule has 1 unspecified atom stereocenters. The van der Waals surface area contributed by atoms with Crippen LogP contribution >= 0.6 is 0 Å². The van der Waals surface area contributed by atoms with Gasteiger partial charge in [0.05, 0.1) is 57.0 Å². The molecule has 300 valence electrons. The molecule has 19 nitrogen and oxygen atoms in total. The number of imide groups is 2. The van der Waals surface area contributed by atoms with Crippen molar-refractivity contribution in [2.24, 2.45) is 7.05 Å². The van der Waals surface area contributed by atoms with Gasteiger partial charge < -0.3 is 34.0 Å². The van der Waals surface area contributed by atoms with E-state index in [1.165, 1.54) is 36.1 Å². The van der Waals surface area contributed by atoms with Crippen LogP contribution in [0.15, 0.2) is 76.1 Å². The maximum Gasteiger partial charge on any atom is 0.274 e. The molecule has 5 aromatic rings. The van der Waals surface area contributed by atoms with Crippen LogP contribution in [0.25, 0.3) is 22.7 Å². The van der Waals surface area contributed by atoms with E-state index in [0.29, 0.717) is 80.1 Å². The van der Waals surface area contributed by atoms with E-state index < -0.39 is 35.6 Å². The number of hydrogen-bond acceptors (Lipinski definition) is 15. The number of benzene rings is 2. The van der Waals surface area contributed by atoms with Gasteiger partial charge in [-0.25, -0.2) is 14.6 Å². The van der Waals surface area contributed by atoms with Crippen LogP contribution in [0.2, 0.25) is 0 Å². The zero-order valence-corrected chi connectivity index (χ0v) is 31.2. The molecule has 0 radical (unpaired) electrons. The molecule has 1 saturated heterocycles. The number of nitrogens with zero attached hydrogens (tertiary/aromatic N) is 5. The molecule has 0 aliphatic carbocycles. The Morgan fingerprint density at radius 3 is 2.41 bits per heavy atom. The van der Waals surface area contributed by atoms with E-state index in [9.17, 15) is 28.8 Å². The number of carbonyl (C=O) groups excluding carboxylic acids is 5. The number of fused-ring (bicyclic) bond motifs is 2. The van der Waals surface area contributed by atoms with Gasteiger partial charge in [-0.05, 0) is 55.0 Å². The van der Waals surface area contributed by atoms with Crippen molar-refractivity contribution in [3.63, 3.8) is 0 Å². The summed E-state index contributed by atoms with van der Waals surface area (Å²) in [5.41, 5.74) is 2.66. The fourth-order valence-corrected chi connectivity index (χ4v) is 6.21. The van der Waals surface area contributed by atoms with Crippen molar-refractivity contribution in [1.29, 1.82) is 0 Å². The summed E-state index contributed by atoms with van der Waals surface area (Å²) >= 11 is 0. The highest BCUT2D eigenvalue weighted by atomic mass is 16.6. The number of hydrogen-bond donors (Lipinski definition) is 3. The van der Waals surface area contributed by atoms with Crippen molar-refractivity contribution in [2.45, 2.75) is 18.9 Å². The molecule has 2 aromatic carbocycles. The SMILES string of the molecule is Cn1nc(-c2nc3cc(NC(=O)c4ccc(OCCOCCOCCOCCNc5cccc6c5C(=O)N(C5CCC(=O)NC5=O)C6=O)cn4)ccc3o2)ccc1=O. The topological polar surface area (TPSA) is 235 Å². The number of aryl methyl sites for hydroxylation is 1. The average Bonchev–Trinajstić information content (AvgIpc) is 3.75. The van der Waals surface area contributed by atoms with Crippen LogP contribution < -0.4 is 26.2 Å². The number of rotatable bonds is 18. The number of oxazole rings is 1. The Balaban J connectivity index is 0.738. The van der Waals surface area contributed by atoms with Crippen molar-refractivity contribution in [2.75, 3.05) is 63.4 Å². The Labute approximate surface area is 329 Å². The van der Waals surface area contributed by atoms with Crippen molar-refractivity contribution < 1.29 is 47.3 Å². The normalized spacial score (nSPS) is 15.1. The molecular formula is C39H38N8O11. The summed E-state index contributed by atoms with van der Waals surface area (Å²) in [6, 6.07) is 14.9. The maximum absolute atomic E-state index is 13.2. The lowest BCUT2D eigenvalue weighted by Crippen LogP contribution is -2.54. The van der Waals surface area contributed by atoms with Crippen LogP contribution in [-0.4, -0.2) is 113 Å². The van der Waals surface area contributed by atoms with Crippen LogP contribution in [0, 0.1) is 0 Å². The van der Waals surface area contributed by atoms with Crippen molar-refractivity contribution in [1.82, 2.24) is 30.0 Å². The largest absolute Gasteiger partial charge is 0.490 e. The third kappa shape index (κ3) is 9.07. The first-order valence-corrected chi connectivity index (χ1v) is 18.3. The van der Waals surface area contributed by atoms with E-state index in [1.807, 2.05) is 0 Å². The third-order valence-corrected chi connectivity index (χ3v) is 9.06. The summed E-state index contributed by atoms with van der Waals surface area (Å²) in [7, 11) is 1.54. The number of nitrogens with one attached hydrogen (secondary N) is 3. The van der Waals surface area contributed by atoms with Gasteiger partial charge in [0.15, 0.2) is 5.58 Å². The lowest BCUT2D eigenvalue weighted by atomic mass is 10.0. The molecule has 3 aromatic heterocycles. The second-order valence-electron chi connectivity index (χ2n) is 13.0. The smallest absolute Gasteiger partial charge is 0.274 e. The maximum atomic E-state index is 13.2. The van der Waals surface area contributed by atoms with Crippen LogP contribution in [0.5, 0.6) is 5.75 Å². The number of piperidine rings is 1.